The number of carbonyl (C=O) groups excluding carboxylic acids is 2. The highest BCUT2D eigenvalue weighted by Crippen LogP contribution is 2.24. The molecule has 0 bridgehead atoms. The number of hydrogen-bond donors (Lipinski definition) is 1. The Morgan fingerprint density at radius 2 is 1.76 bits per heavy atom. The first-order chi connectivity index (χ1) is 13.7. The van der Waals surface area contributed by atoms with Crippen LogP contribution in [0.4, 0.5) is 0 Å². The largest absolute Gasteiger partial charge is 0.351 e. The summed E-state index contributed by atoms with van der Waals surface area (Å²) in [7, 11) is -3.58. The molecular formula is C20H25N3O4S2. The minimum Gasteiger partial charge on any atom is -0.351 e. The molecule has 1 fully saturated rings. The number of benzene rings is 1. The van der Waals surface area contributed by atoms with Crippen LogP contribution in [0, 0.1) is 13.8 Å². The molecule has 0 saturated carbocycles. The molecule has 0 atom stereocenters. The average molecular weight is 436 g/mol. The van der Waals surface area contributed by atoms with Crippen LogP contribution in [0.1, 0.15) is 32.6 Å². The monoisotopic (exact) mass is 435 g/mol. The lowest BCUT2D eigenvalue weighted by Crippen LogP contribution is -2.50. The summed E-state index contributed by atoms with van der Waals surface area (Å²) in [4.78, 5) is 27.3. The van der Waals surface area contributed by atoms with Gasteiger partial charge in [-0.25, -0.2) is 8.42 Å². The van der Waals surface area contributed by atoms with Crippen LogP contribution in [-0.2, 0) is 21.4 Å². The van der Waals surface area contributed by atoms with Crippen LogP contribution in [0.3, 0.4) is 0 Å². The standard InChI is InChI=1S/C20H25N3O4S2/c1-14-4-5-15(2)19(12-14)29(26,27)23-10-8-22(9-11-23)20(25)18-7-6-17(28-18)13-21-16(3)24/h4-7,12H,8-11,13H2,1-3H3,(H,21,24). The van der Waals surface area contributed by atoms with Crippen LogP contribution < -0.4 is 5.32 Å². The van der Waals surface area contributed by atoms with Gasteiger partial charge in [-0.15, -0.1) is 11.3 Å². The van der Waals surface area contributed by atoms with E-state index in [1.165, 1.54) is 22.6 Å². The Balaban J connectivity index is 1.65. The van der Waals surface area contributed by atoms with Crippen LogP contribution in [0.15, 0.2) is 35.2 Å². The van der Waals surface area contributed by atoms with Crippen molar-refractivity contribution >= 4 is 33.2 Å². The summed E-state index contributed by atoms with van der Waals surface area (Å²) in [5, 5.41) is 2.71. The third-order valence-corrected chi connectivity index (χ3v) is 7.99. The van der Waals surface area contributed by atoms with E-state index in [0.29, 0.717) is 29.4 Å². The van der Waals surface area contributed by atoms with Gasteiger partial charge in [-0.2, -0.15) is 4.31 Å². The number of rotatable bonds is 5. The molecule has 156 valence electrons. The summed E-state index contributed by atoms with van der Waals surface area (Å²) in [5.74, 6) is -0.222. The number of hydrogen-bond acceptors (Lipinski definition) is 5. The Bertz CT molecular complexity index is 1020. The molecule has 0 aliphatic carbocycles. The number of carbonyl (C=O) groups is 2. The molecule has 0 spiro atoms. The minimum absolute atomic E-state index is 0.104. The van der Waals surface area contributed by atoms with Crippen molar-refractivity contribution in [1.29, 1.82) is 0 Å². The fourth-order valence-corrected chi connectivity index (χ4v) is 5.86. The summed E-state index contributed by atoms with van der Waals surface area (Å²) in [6, 6.07) is 8.99. The maximum absolute atomic E-state index is 13.0. The van der Waals surface area contributed by atoms with Crippen LogP contribution in [-0.4, -0.2) is 55.6 Å². The van der Waals surface area contributed by atoms with Gasteiger partial charge in [0.15, 0.2) is 0 Å². The van der Waals surface area contributed by atoms with Crippen molar-refractivity contribution < 1.29 is 18.0 Å². The molecule has 2 aromatic rings. The lowest BCUT2D eigenvalue weighted by molar-refractivity contribution is -0.119. The summed E-state index contributed by atoms with van der Waals surface area (Å²) >= 11 is 1.35. The van der Waals surface area contributed by atoms with Crippen LogP contribution in [0.25, 0.3) is 0 Å². The van der Waals surface area contributed by atoms with Gasteiger partial charge in [0.2, 0.25) is 15.9 Å². The molecule has 1 saturated heterocycles. The predicted molar refractivity (Wildman–Crippen MR) is 112 cm³/mol. The molecular weight excluding hydrogens is 410 g/mol. The molecule has 2 amide bonds. The van der Waals surface area contributed by atoms with Crippen LogP contribution >= 0.6 is 11.3 Å². The van der Waals surface area contributed by atoms with Crippen molar-refractivity contribution in [2.75, 3.05) is 26.2 Å². The van der Waals surface area contributed by atoms with Crippen LogP contribution in [0.2, 0.25) is 0 Å². The molecule has 1 aliphatic rings. The minimum atomic E-state index is -3.58. The molecule has 1 aliphatic heterocycles. The molecule has 0 radical (unpaired) electrons. The van der Waals surface area contributed by atoms with Gasteiger partial charge in [-0.3, -0.25) is 9.59 Å². The lowest BCUT2D eigenvalue weighted by atomic mass is 10.2. The van der Waals surface area contributed by atoms with Crippen molar-refractivity contribution in [3.63, 3.8) is 0 Å². The SMILES string of the molecule is CC(=O)NCc1ccc(C(=O)N2CCN(S(=O)(=O)c3cc(C)ccc3C)CC2)s1. The quantitative estimate of drug-likeness (QED) is 0.780. The van der Waals surface area contributed by atoms with Gasteiger partial charge < -0.3 is 10.2 Å². The molecule has 1 N–H and O–H groups in total. The van der Waals surface area contributed by atoms with E-state index in [1.54, 1.807) is 24.0 Å². The zero-order valence-corrected chi connectivity index (χ0v) is 18.4. The number of thiophene rings is 1. The van der Waals surface area contributed by atoms with E-state index < -0.39 is 10.0 Å². The summed E-state index contributed by atoms with van der Waals surface area (Å²) in [5.41, 5.74) is 1.62. The Morgan fingerprint density at radius 3 is 2.41 bits per heavy atom. The molecule has 0 unspecified atom stereocenters. The Hall–Kier alpha value is -2.23. The number of nitrogens with one attached hydrogen (secondary N) is 1. The maximum Gasteiger partial charge on any atom is 0.264 e. The van der Waals surface area contributed by atoms with E-state index in [9.17, 15) is 18.0 Å². The lowest BCUT2D eigenvalue weighted by Gasteiger charge is -2.34. The van der Waals surface area contributed by atoms with Crippen molar-refractivity contribution in [2.24, 2.45) is 0 Å². The Labute approximate surface area is 175 Å². The fraction of sp³-hybridized carbons (Fsp3) is 0.400. The molecule has 2 heterocycles. The molecule has 1 aromatic heterocycles. The number of piperazine rings is 1. The fourth-order valence-electron chi connectivity index (χ4n) is 3.21. The Kier molecular flexibility index (Phi) is 6.40. The average Bonchev–Trinajstić information content (AvgIpc) is 3.16. The van der Waals surface area contributed by atoms with Gasteiger partial charge in [-0.1, -0.05) is 12.1 Å². The van der Waals surface area contributed by atoms with Gasteiger partial charge in [0.1, 0.15) is 0 Å². The second kappa shape index (κ2) is 8.64. The van der Waals surface area contributed by atoms with E-state index in [0.717, 1.165) is 16.0 Å². The summed E-state index contributed by atoms with van der Waals surface area (Å²) in [6.45, 7) is 6.75. The first kappa shape index (κ1) is 21.5. The van der Waals surface area contributed by atoms with E-state index in [1.807, 2.05) is 25.1 Å². The summed E-state index contributed by atoms with van der Waals surface area (Å²) < 4.78 is 27.5. The molecule has 1 aromatic carbocycles. The highest BCUT2D eigenvalue weighted by molar-refractivity contribution is 7.89. The molecule has 3 rings (SSSR count). The van der Waals surface area contributed by atoms with E-state index in [2.05, 4.69) is 5.32 Å². The molecule has 7 nitrogen and oxygen atoms in total. The van der Waals surface area contributed by atoms with Crippen molar-refractivity contribution in [3.05, 3.63) is 51.2 Å². The van der Waals surface area contributed by atoms with E-state index in [4.69, 9.17) is 0 Å². The van der Waals surface area contributed by atoms with E-state index in [-0.39, 0.29) is 24.9 Å². The number of amides is 2. The van der Waals surface area contributed by atoms with Crippen molar-refractivity contribution in [1.82, 2.24) is 14.5 Å². The smallest absolute Gasteiger partial charge is 0.264 e. The van der Waals surface area contributed by atoms with E-state index >= 15 is 0 Å². The number of nitrogens with zero attached hydrogens (tertiary/aromatic N) is 2. The van der Waals surface area contributed by atoms with Gasteiger partial charge in [0, 0.05) is 38.0 Å². The number of sulfonamides is 1. The van der Waals surface area contributed by atoms with Gasteiger partial charge in [-0.05, 0) is 43.2 Å². The number of aryl methyl sites for hydroxylation is 2. The zero-order chi connectivity index (χ0) is 21.2. The first-order valence-electron chi connectivity index (χ1n) is 9.38. The molecule has 9 heteroatoms. The van der Waals surface area contributed by atoms with Gasteiger partial charge in [0.05, 0.1) is 16.3 Å². The highest BCUT2D eigenvalue weighted by atomic mass is 32.2. The normalized spacial score (nSPS) is 15.3. The van der Waals surface area contributed by atoms with Gasteiger partial charge >= 0.3 is 0 Å². The Morgan fingerprint density at radius 1 is 1.07 bits per heavy atom. The van der Waals surface area contributed by atoms with Crippen molar-refractivity contribution in [3.8, 4) is 0 Å². The summed E-state index contributed by atoms with van der Waals surface area (Å²) in [6.07, 6.45) is 0. The maximum atomic E-state index is 13.0. The zero-order valence-electron chi connectivity index (χ0n) is 16.8. The second-order valence-electron chi connectivity index (χ2n) is 7.14. The third kappa shape index (κ3) is 4.85. The highest BCUT2D eigenvalue weighted by Gasteiger charge is 2.31. The van der Waals surface area contributed by atoms with Crippen molar-refractivity contribution in [2.45, 2.75) is 32.2 Å². The molecule has 29 heavy (non-hydrogen) atoms. The predicted octanol–water partition coefficient (Wildman–Crippen LogP) is 2.15. The first-order valence-corrected chi connectivity index (χ1v) is 11.6. The van der Waals surface area contributed by atoms with Gasteiger partial charge in [0.25, 0.3) is 5.91 Å². The second-order valence-corrected chi connectivity index (χ2v) is 10.2. The van der Waals surface area contributed by atoms with Crippen LogP contribution in [0.5, 0.6) is 0 Å². The third-order valence-electron chi connectivity index (χ3n) is 4.87. The topological polar surface area (TPSA) is 86.8 Å².